The maximum absolute atomic E-state index is 10.0. The zero-order valence-electron chi connectivity index (χ0n) is 9.56. The van der Waals surface area contributed by atoms with Crippen molar-refractivity contribution in [3.8, 4) is 0 Å². The molecule has 0 fully saturated rings. The van der Waals surface area contributed by atoms with E-state index in [-0.39, 0.29) is 0 Å². The summed E-state index contributed by atoms with van der Waals surface area (Å²) in [6.07, 6.45) is 1.25. The summed E-state index contributed by atoms with van der Waals surface area (Å²) >= 11 is 0. The number of carboxylic acids is 1. The molecule has 0 heterocycles. The molecule has 0 rings (SSSR count). The van der Waals surface area contributed by atoms with E-state index in [1.165, 1.54) is 6.42 Å². The Kier molecular flexibility index (Phi) is 15.3. The zero-order valence-corrected chi connectivity index (χ0v) is 9.56. The van der Waals surface area contributed by atoms with Crippen LogP contribution in [0.25, 0.3) is 0 Å². The van der Waals surface area contributed by atoms with E-state index in [1.807, 2.05) is 13.8 Å². The molecule has 0 unspecified atom stereocenters. The van der Waals surface area contributed by atoms with Gasteiger partial charge in [0.15, 0.2) is 0 Å². The SMILES string of the molecule is CC.CC(C)(C)C(=O)O.CCC. The Morgan fingerprint density at radius 3 is 1.25 bits per heavy atom. The average molecular weight is 176 g/mol. The molecule has 0 aromatic heterocycles. The number of rotatable bonds is 0. The summed E-state index contributed by atoms with van der Waals surface area (Å²) in [6, 6.07) is 0. The fourth-order valence-corrected chi connectivity index (χ4v) is 0. The molecule has 0 aliphatic rings. The lowest BCUT2D eigenvalue weighted by molar-refractivity contribution is -0.145. The average Bonchev–Trinajstić information content (AvgIpc) is 1.91. The molecular weight excluding hydrogens is 152 g/mol. The molecule has 0 saturated carbocycles. The van der Waals surface area contributed by atoms with Crippen LogP contribution < -0.4 is 0 Å². The summed E-state index contributed by atoms with van der Waals surface area (Å²) < 4.78 is 0. The molecule has 12 heavy (non-hydrogen) atoms. The minimum atomic E-state index is -0.757. The molecule has 0 aromatic rings. The second-order valence-corrected chi connectivity index (χ2v) is 3.26. The van der Waals surface area contributed by atoms with Crippen LogP contribution in [0, 0.1) is 5.41 Å². The van der Waals surface area contributed by atoms with Gasteiger partial charge < -0.3 is 5.11 Å². The first-order valence-electron chi connectivity index (χ1n) is 4.59. The fourth-order valence-electron chi connectivity index (χ4n) is 0. The third-order valence-corrected chi connectivity index (χ3v) is 0.642. The highest BCUT2D eigenvalue weighted by atomic mass is 16.4. The van der Waals surface area contributed by atoms with Gasteiger partial charge in [0.25, 0.3) is 0 Å². The quantitative estimate of drug-likeness (QED) is 0.612. The maximum Gasteiger partial charge on any atom is 0.308 e. The number of aliphatic carboxylic acids is 1. The summed E-state index contributed by atoms with van der Waals surface area (Å²) in [7, 11) is 0. The fraction of sp³-hybridized carbons (Fsp3) is 0.900. The summed E-state index contributed by atoms with van der Waals surface area (Å²) in [4.78, 5) is 10.0. The second-order valence-electron chi connectivity index (χ2n) is 3.26. The highest BCUT2D eigenvalue weighted by molar-refractivity contribution is 5.72. The highest BCUT2D eigenvalue weighted by Gasteiger charge is 2.18. The van der Waals surface area contributed by atoms with E-state index in [2.05, 4.69) is 13.8 Å². The Labute approximate surface area is 77.0 Å². The molecule has 0 spiro atoms. The predicted octanol–water partition coefficient (Wildman–Crippen LogP) is 3.56. The van der Waals surface area contributed by atoms with Gasteiger partial charge in [-0.3, -0.25) is 4.79 Å². The summed E-state index contributed by atoms with van der Waals surface area (Å²) in [5, 5.41) is 8.25. The van der Waals surface area contributed by atoms with Crippen LogP contribution in [0.4, 0.5) is 0 Å². The molecule has 1 N–H and O–H groups in total. The van der Waals surface area contributed by atoms with Crippen LogP contribution >= 0.6 is 0 Å². The second kappa shape index (κ2) is 10.5. The van der Waals surface area contributed by atoms with Crippen LogP contribution in [0.3, 0.4) is 0 Å². The van der Waals surface area contributed by atoms with Crippen molar-refractivity contribution in [2.24, 2.45) is 5.41 Å². The highest BCUT2D eigenvalue weighted by Crippen LogP contribution is 2.11. The molecule has 0 aliphatic heterocycles. The van der Waals surface area contributed by atoms with E-state index in [9.17, 15) is 4.79 Å². The van der Waals surface area contributed by atoms with E-state index < -0.39 is 11.4 Å². The molecule has 0 amide bonds. The van der Waals surface area contributed by atoms with Crippen molar-refractivity contribution in [1.82, 2.24) is 0 Å². The van der Waals surface area contributed by atoms with E-state index >= 15 is 0 Å². The van der Waals surface area contributed by atoms with E-state index in [1.54, 1.807) is 20.8 Å². The molecule has 0 atom stereocenters. The molecule has 76 valence electrons. The summed E-state index contributed by atoms with van der Waals surface area (Å²) in [6.45, 7) is 13.2. The van der Waals surface area contributed by atoms with Gasteiger partial charge in [-0.05, 0) is 20.8 Å². The minimum absolute atomic E-state index is 0.583. The first-order valence-corrected chi connectivity index (χ1v) is 4.59. The summed E-state index contributed by atoms with van der Waals surface area (Å²) in [5.74, 6) is -0.757. The van der Waals surface area contributed by atoms with Crippen molar-refractivity contribution in [1.29, 1.82) is 0 Å². The molecule has 0 saturated heterocycles. The van der Waals surface area contributed by atoms with Crippen LogP contribution in [0.2, 0.25) is 0 Å². The Bertz CT molecular complexity index is 90.5. The smallest absolute Gasteiger partial charge is 0.308 e. The Morgan fingerprint density at radius 2 is 1.25 bits per heavy atom. The lowest BCUT2D eigenvalue weighted by atomic mass is 9.98. The molecular formula is C10H24O2. The van der Waals surface area contributed by atoms with Gasteiger partial charge in [-0.25, -0.2) is 0 Å². The van der Waals surface area contributed by atoms with E-state index in [0.29, 0.717) is 0 Å². The van der Waals surface area contributed by atoms with Crippen molar-refractivity contribution in [2.45, 2.75) is 54.9 Å². The molecule has 0 radical (unpaired) electrons. The van der Waals surface area contributed by atoms with Crippen molar-refractivity contribution in [2.75, 3.05) is 0 Å². The van der Waals surface area contributed by atoms with Gasteiger partial charge >= 0.3 is 5.97 Å². The van der Waals surface area contributed by atoms with Gasteiger partial charge in [-0.15, -0.1) is 0 Å². The largest absolute Gasteiger partial charge is 0.481 e. The first-order chi connectivity index (χ1) is 5.36. The Hall–Kier alpha value is -0.530. The Balaban J connectivity index is -0.000000137. The van der Waals surface area contributed by atoms with Crippen molar-refractivity contribution in [3.63, 3.8) is 0 Å². The van der Waals surface area contributed by atoms with Crippen molar-refractivity contribution < 1.29 is 9.90 Å². The van der Waals surface area contributed by atoms with E-state index in [4.69, 9.17) is 5.11 Å². The zero-order chi connectivity index (χ0) is 10.8. The summed E-state index contributed by atoms with van der Waals surface area (Å²) in [5.41, 5.74) is -0.583. The third kappa shape index (κ3) is 22.7. The van der Waals surface area contributed by atoms with Gasteiger partial charge in [-0.2, -0.15) is 0 Å². The topological polar surface area (TPSA) is 37.3 Å². The normalized spacial score (nSPS) is 8.58. The van der Waals surface area contributed by atoms with Crippen LogP contribution in [0.1, 0.15) is 54.9 Å². The van der Waals surface area contributed by atoms with Gasteiger partial charge in [0.1, 0.15) is 0 Å². The molecule has 2 nitrogen and oxygen atoms in total. The van der Waals surface area contributed by atoms with Crippen LogP contribution in [-0.2, 0) is 4.79 Å². The van der Waals surface area contributed by atoms with Gasteiger partial charge in [0.05, 0.1) is 5.41 Å². The monoisotopic (exact) mass is 176 g/mol. The lowest BCUT2D eigenvalue weighted by Crippen LogP contribution is -2.18. The van der Waals surface area contributed by atoms with Crippen molar-refractivity contribution >= 4 is 5.97 Å². The number of carboxylic acid groups (broad SMARTS) is 1. The minimum Gasteiger partial charge on any atom is -0.481 e. The predicted molar refractivity (Wildman–Crippen MR) is 54.4 cm³/mol. The maximum atomic E-state index is 10.0. The van der Waals surface area contributed by atoms with Gasteiger partial charge in [0, 0.05) is 0 Å². The van der Waals surface area contributed by atoms with Crippen LogP contribution in [0.5, 0.6) is 0 Å². The number of hydrogen-bond donors (Lipinski definition) is 1. The third-order valence-electron chi connectivity index (χ3n) is 0.642. The number of carbonyl (C=O) groups is 1. The molecule has 0 aliphatic carbocycles. The molecule has 0 bridgehead atoms. The number of hydrogen-bond acceptors (Lipinski definition) is 1. The van der Waals surface area contributed by atoms with Crippen LogP contribution in [-0.4, -0.2) is 11.1 Å². The first kappa shape index (κ1) is 17.5. The molecule has 0 aromatic carbocycles. The Morgan fingerprint density at radius 1 is 1.17 bits per heavy atom. The standard InChI is InChI=1S/C5H10O2.C3H8.C2H6/c1-5(2,3)4(6)7;1-3-2;1-2/h1-3H3,(H,6,7);3H2,1-2H3;1-2H3. The lowest BCUT2D eigenvalue weighted by Gasteiger charge is -2.08. The molecule has 2 heteroatoms. The van der Waals surface area contributed by atoms with E-state index in [0.717, 1.165) is 0 Å². The van der Waals surface area contributed by atoms with Gasteiger partial charge in [0.2, 0.25) is 0 Å². The van der Waals surface area contributed by atoms with Gasteiger partial charge in [-0.1, -0.05) is 34.1 Å². The van der Waals surface area contributed by atoms with Crippen molar-refractivity contribution in [3.05, 3.63) is 0 Å². The van der Waals surface area contributed by atoms with Crippen LogP contribution in [0.15, 0.2) is 0 Å².